The number of anilines is 1. The lowest BCUT2D eigenvalue weighted by molar-refractivity contribution is -0.151. The maximum Gasteiger partial charge on any atom is 0.331 e. The van der Waals surface area contributed by atoms with Crippen LogP contribution in [0.2, 0.25) is 0 Å². The Morgan fingerprint density at radius 1 is 1.09 bits per heavy atom. The summed E-state index contributed by atoms with van der Waals surface area (Å²) in [6.07, 6.45) is 2.84. The number of esters is 1. The summed E-state index contributed by atoms with van der Waals surface area (Å²) >= 11 is 0. The minimum Gasteiger partial charge on any atom is -0.508 e. The highest BCUT2D eigenvalue weighted by Crippen LogP contribution is 2.32. The molecule has 0 saturated carbocycles. The lowest BCUT2D eigenvalue weighted by Gasteiger charge is -2.27. The van der Waals surface area contributed by atoms with E-state index in [1.807, 2.05) is 0 Å². The normalized spacial score (nSPS) is 12.3. The van der Waals surface area contributed by atoms with Crippen LogP contribution in [0.3, 0.4) is 0 Å². The molecule has 172 valence electrons. The molecule has 10 heteroatoms. The number of aromatic hydroxyl groups is 1. The molecule has 0 radical (unpaired) electrons. The van der Waals surface area contributed by atoms with Crippen LogP contribution in [0.1, 0.15) is 12.5 Å². The summed E-state index contributed by atoms with van der Waals surface area (Å²) in [5, 5.41) is 14.4. The molecular weight excluding hydrogens is 430 g/mol. The van der Waals surface area contributed by atoms with Crippen LogP contribution in [0.4, 0.5) is 5.69 Å². The highest BCUT2D eigenvalue weighted by Gasteiger charge is 2.38. The van der Waals surface area contributed by atoms with Crippen molar-refractivity contribution in [1.29, 1.82) is 0 Å². The number of nitrogens with one attached hydrogen (secondary N) is 2. The summed E-state index contributed by atoms with van der Waals surface area (Å²) < 4.78 is 15.4. The van der Waals surface area contributed by atoms with Gasteiger partial charge in [-0.2, -0.15) is 0 Å². The van der Waals surface area contributed by atoms with Crippen LogP contribution in [-0.4, -0.2) is 47.6 Å². The van der Waals surface area contributed by atoms with E-state index in [0.29, 0.717) is 28.3 Å². The van der Waals surface area contributed by atoms with Crippen LogP contribution in [0.5, 0.6) is 11.5 Å². The number of phenols is 1. The van der Waals surface area contributed by atoms with E-state index in [2.05, 4.69) is 15.6 Å². The predicted octanol–water partition coefficient (Wildman–Crippen LogP) is 2.28. The molecule has 0 bridgehead atoms. The Kier molecular flexibility index (Phi) is 6.97. The summed E-state index contributed by atoms with van der Waals surface area (Å²) in [4.78, 5) is 41.4. The Morgan fingerprint density at radius 2 is 1.82 bits per heavy atom. The number of hydrogen-bond donors (Lipinski definition) is 3. The average molecular weight is 453 g/mol. The highest BCUT2D eigenvalue weighted by molar-refractivity contribution is 6.40. The van der Waals surface area contributed by atoms with Crippen LogP contribution in [0.15, 0.2) is 59.5 Å². The molecule has 0 spiro atoms. The number of nitrogens with zero attached hydrogens (tertiary/aromatic N) is 1. The number of methoxy groups -OCH3 is 2. The topological polar surface area (TPSA) is 140 Å². The predicted molar refractivity (Wildman–Crippen MR) is 117 cm³/mol. The van der Waals surface area contributed by atoms with Crippen molar-refractivity contribution in [3.05, 3.63) is 60.6 Å². The van der Waals surface area contributed by atoms with Gasteiger partial charge in [0, 0.05) is 18.2 Å². The maximum absolute atomic E-state index is 12.6. The van der Waals surface area contributed by atoms with Gasteiger partial charge in [0.1, 0.15) is 17.0 Å². The Hall–Kier alpha value is -4.34. The molecule has 33 heavy (non-hydrogen) atoms. The van der Waals surface area contributed by atoms with Gasteiger partial charge >= 0.3 is 17.8 Å². The van der Waals surface area contributed by atoms with Crippen LogP contribution in [-0.2, 0) is 25.5 Å². The molecule has 0 aliphatic rings. The summed E-state index contributed by atoms with van der Waals surface area (Å²) in [5.41, 5.74) is 0.0425. The minimum absolute atomic E-state index is 0.0404. The second-order valence-electron chi connectivity index (χ2n) is 7.36. The van der Waals surface area contributed by atoms with Gasteiger partial charge in [-0.05, 0) is 36.8 Å². The first-order chi connectivity index (χ1) is 15.8. The van der Waals surface area contributed by atoms with Gasteiger partial charge in [-0.15, -0.1) is 0 Å². The highest BCUT2D eigenvalue weighted by atomic mass is 16.5. The van der Waals surface area contributed by atoms with Gasteiger partial charge in [-0.25, -0.2) is 9.78 Å². The zero-order valence-corrected chi connectivity index (χ0v) is 18.2. The van der Waals surface area contributed by atoms with Gasteiger partial charge in [-0.3, -0.25) is 9.59 Å². The summed E-state index contributed by atoms with van der Waals surface area (Å²) in [6, 6.07) is 10.9. The molecule has 0 saturated heterocycles. The zero-order chi connectivity index (χ0) is 24.0. The van der Waals surface area contributed by atoms with Gasteiger partial charge in [0.15, 0.2) is 12.2 Å². The van der Waals surface area contributed by atoms with Gasteiger partial charge < -0.3 is 29.6 Å². The van der Waals surface area contributed by atoms with Crippen molar-refractivity contribution in [2.24, 2.45) is 0 Å². The summed E-state index contributed by atoms with van der Waals surface area (Å²) in [6.45, 7) is 1.45. The first kappa shape index (κ1) is 23.3. The average Bonchev–Trinajstić information content (AvgIpc) is 3.34. The molecule has 2 aromatic carbocycles. The molecule has 2 amide bonds. The van der Waals surface area contributed by atoms with Crippen molar-refractivity contribution < 1.29 is 33.4 Å². The molecule has 1 atom stereocenters. The lowest BCUT2D eigenvalue weighted by atomic mass is 9.92. The van der Waals surface area contributed by atoms with E-state index in [1.54, 1.807) is 24.3 Å². The van der Waals surface area contributed by atoms with Gasteiger partial charge in [0.25, 0.3) is 0 Å². The van der Waals surface area contributed by atoms with Crippen molar-refractivity contribution in [1.82, 2.24) is 10.3 Å². The van der Waals surface area contributed by atoms with E-state index in [4.69, 9.17) is 13.9 Å². The molecule has 0 aliphatic heterocycles. The third-order valence-corrected chi connectivity index (χ3v) is 4.88. The number of aromatic nitrogens is 1. The number of carbonyl (C=O) groups is 3. The number of rotatable bonds is 7. The molecule has 3 rings (SSSR count). The summed E-state index contributed by atoms with van der Waals surface area (Å²) in [5.74, 6) is -1.80. The molecule has 3 N–H and O–H groups in total. The quantitative estimate of drug-likeness (QED) is 0.366. The molecular formula is C23H23N3O7. The van der Waals surface area contributed by atoms with Crippen LogP contribution < -0.4 is 15.4 Å². The van der Waals surface area contributed by atoms with Crippen LogP contribution >= 0.6 is 0 Å². The van der Waals surface area contributed by atoms with E-state index in [1.165, 1.54) is 51.9 Å². The standard InChI is InChI=1S/C23H23N3O7/c1-23(22(30)32-3,11-14-4-7-16(27)8-5-14)26-21(29)20(28)25-15-6-9-17(18(10-15)31-2)19-12-24-13-33-19/h4-10,12-13,27H,11H2,1-3H3,(H,25,28)(H,26,29)/t23-/m0/s1. The van der Waals surface area contributed by atoms with Crippen molar-refractivity contribution in [3.63, 3.8) is 0 Å². The molecule has 0 fully saturated rings. The third-order valence-electron chi connectivity index (χ3n) is 4.88. The number of carbonyl (C=O) groups excluding carboxylic acids is 3. The smallest absolute Gasteiger partial charge is 0.331 e. The van der Waals surface area contributed by atoms with Crippen LogP contribution in [0.25, 0.3) is 11.3 Å². The molecule has 0 unspecified atom stereocenters. The first-order valence-corrected chi connectivity index (χ1v) is 9.82. The number of amides is 2. The fourth-order valence-corrected chi connectivity index (χ4v) is 3.23. The maximum atomic E-state index is 12.6. The van der Waals surface area contributed by atoms with E-state index in [0.717, 1.165) is 0 Å². The molecule has 1 aromatic heterocycles. The molecule has 0 aliphatic carbocycles. The summed E-state index contributed by atoms with van der Waals surface area (Å²) in [7, 11) is 2.64. The van der Waals surface area contributed by atoms with Gasteiger partial charge in [-0.1, -0.05) is 12.1 Å². The van der Waals surface area contributed by atoms with Crippen molar-refractivity contribution in [2.45, 2.75) is 18.9 Å². The van der Waals surface area contributed by atoms with Crippen molar-refractivity contribution in [3.8, 4) is 22.8 Å². The Balaban J connectivity index is 1.74. The minimum atomic E-state index is -1.52. The Morgan fingerprint density at radius 3 is 2.42 bits per heavy atom. The molecule has 10 nitrogen and oxygen atoms in total. The largest absolute Gasteiger partial charge is 0.508 e. The number of benzene rings is 2. The van der Waals surface area contributed by atoms with Gasteiger partial charge in [0.2, 0.25) is 0 Å². The lowest BCUT2D eigenvalue weighted by Crippen LogP contribution is -2.56. The third kappa shape index (κ3) is 5.48. The monoisotopic (exact) mass is 453 g/mol. The number of hydrogen-bond acceptors (Lipinski definition) is 8. The zero-order valence-electron chi connectivity index (χ0n) is 18.2. The fraction of sp³-hybridized carbons (Fsp3) is 0.217. The van der Waals surface area contributed by atoms with Crippen molar-refractivity contribution >= 4 is 23.5 Å². The van der Waals surface area contributed by atoms with Gasteiger partial charge in [0.05, 0.1) is 26.0 Å². The van der Waals surface area contributed by atoms with E-state index in [9.17, 15) is 19.5 Å². The first-order valence-electron chi connectivity index (χ1n) is 9.82. The van der Waals surface area contributed by atoms with Crippen LogP contribution in [0, 0.1) is 0 Å². The van der Waals surface area contributed by atoms with E-state index >= 15 is 0 Å². The number of phenolic OH excluding ortho intramolecular Hbond substituents is 1. The SMILES string of the molecule is COC(=O)[C@](C)(Cc1ccc(O)cc1)NC(=O)C(=O)Nc1ccc(-c2cnco2)c(OC)c1. The number of ether oxygens (including phenoxy) is 2. The molecule has 3 aromatic rings. The van der Waals surface area contributed by atoms with Crippen molar-refractivity contribution in [2.75, 3.05) is 19.5 Å². The van der Waals surface area contributed by atoms with E-state index in [-0.39, 0.29) is 12.2 Å². The Labute approximate surface area is 189 Å². The second kappa shape index (κ2) is 9.86. The second-order valence-corrected chi connectivity index (χ2v) is 7.36. The Bertz CT molecular complexity index is 1140. The number of oxazole rings is 1. The molecule has 1 heterocycles. The van der Waals surface area contributed by atoms with E-state index < -0.39 is 23.3 Å². The fourth-order valence-electron chi connectivity index (χ4n) is 3.23.